The summed E-state index contributed by atoms with van der Waals surface area (Å²) < 4.78 is 0. The lowest BCUT2D eigenvalue weighted by Crippen LogP contribution is -2.43. The van der Waals surface area contributed by atoms with E-state index >= 15 is 0 Å². The van der Waals surface area contributed by atoms with Crippen LogP contribution in [0.1, 0.15) is 16.9 Å². The predicted molar refractivity (Wildman–Crippen MR) is 112 cm³/mol. The van der Waals surface area contributed by atoms with Crippen molar-refractivity contribution in [3.63, 3.8) is 0 Å². The Balaban J connectivity index is 1.86. The smallest absolute Gasteiger partial charge is 0.326 e. The summed E-state index contributed by atoms with van der Waals surface area (Å²) in [5.41, 5.74) is 8.17. The fourth-order valence-electron chi connectivity index (χ4n) is 3.40. The molecule has 4 aromatic rings. The highest BCUT2D eigenvalue weighted by molar-refractivity contribution is 6.13. The van der Waals surface area contributed by atoms with Crippen molar-refractivity contribution >= 4 is 39.6 Å². The molecule has 1 unspecified atom stereocenters. The number of para-hydroxylation sites is 1. The Labute approximate surface area is 170 Å². The summed E-state index contributed by atoms with van der Waals surface area (Å²) in [6, 6.07) is 17.2. The Morgan fingerprint density at radius 3 is 2.43 bits per heavy atom. The summed E-state index contributed by atoms with van der Waals surface area (Å²) >= 11 is 0. The van der Waals surface area contributed by atoms with E-state index in [0.29, 0.717) is 5.69 Å². The third-order valence-corrected chi connectivity index (χ3v) is 4.78. The van der Waals surface area contributed by atoms with Crippen LogP contribution in [0.15, 0.2) is 60.7 Å². The van der Waals surface area contributed by atoms with Gasteiger partial charge >= 0.3 is 5.97 Å². The highest BCUT2D eigenvalue weighted by Gasteiger charge is 2.24. The Hall–Kier alpha value is -4.20. The number of aromatic amines is 1. The van der Waals surface area contributed by atoms with Crippen LogP contribution in [0.25, 0.3) is 33.1 Å². The van der Waals surface area contributed by atoms with Crippen molar-refractivity contribution in [2.75, 3.05) is 0 Å². The second kappa shape index (κ2) is 7.67. The van der Waals surface area contributed by atoms with Gasteiger partial charge in [-0.05, 0) is 12.1 Å². The maximum Gasteiger partial charge on any atom is 0.326 e. The maximum atomic E-state index is 12.8. The molecule has 2 aromatic carbocycles. The van der Waals surface area contributed by atoms with Gasteiger partial charge in [0, 0.05) is 21.9 Å². The SMILES string of the molecule is NC(=O)CC(NC(=O)c1cc2c([nH]c3ccccc32)c(-c2ccccc2)n1)C(=O)O. The third kappa shape index (κ3) is 3.58. The molecule has 0 aliphatic heterocycles. The van der Waals surface area contributed by atoms with Crippen molar-refractivity contribution in [2.24, 2.45) is 5.73 Å². The van der Waals surface area contributed by atoms with Crippen LogP contribution in [0.2, 0.25) is 0 Å². The first-order valence-corrected chi connectivity index (χ1v) is 9.23. The highest BCUT2D eigenvalue weighted by Crippen LogP contribution is 2.32. The standard InChI is InChI=1S/C22H18N4O4/c23-18(27)11-17(22(29)30)26-21(28)16-10-14-13-8-4-5-9-15(13)24-20(14)19(25-16)12-6-2-1-3-7-12/h1-10,17,24H,11H2,(H2,23,27)(H,26,28)(H,29,30). The van der Waals surface area contributed by atoms with Gasteiger partial charge in [-0.3, -0.25) is 9.59 Å². The highest BCUT2D eigenvalue weighted by atomic mass is 16.4. The zero-order valence-electron chi connectivity index (χ0n) is 15.8. The molecule has 0 bridgehead atoms. The molecule has 8 nitrogen and oxygen atoms in total. The molecule has 4 rings (SSSR count). The van der Waals surface area contributed by atoms with E-state index in [1.807, 2.05) is 54.6 Å². The van der Waals surface area contributed by atoms with E-state index in [9.17, 15) is 19.5 Å². The fourth-order valence-corrected chi connectivity index (χ4v) is 3.40. The zero-order valence-corrected chi connectivity index (χ0v) is 15.8. The molecule has 0 radical (unpaired) electrons. The van der Waals surface area contributed by atoms with Crippen molar-refractivity contribution in [2.45, 2.75) is 12.5 Å². The number of carbonyl (C=O) groups excluding carboxylic acids is 2. The molecule has 0 saturated carbocycles. The van der Waals surface area contributed by atoms with Crippen molar-refractivity contribution < 1.29 is 19.5 Å². The molecule has 0 aliphatic rings. The number of nitrogens with one attached hydrogen (secondary N) is 2. The minimum atomic E-state index is -1.43. The number of nitrogens with zero attached hydrogens (tertiary/aromatic N) is 1. The molecular weight excluding hydrogens is 384 g/mol. The van der Waals surface area contributed by atoms with Crippen LogP contribution in [0.3, 0.4) is 0 Å². The Morgan fingerprint density at radius 1 is 1.03 bits per heavy atom. The number of hydrogen-bond donors (Lipinski definition) is 4. The largest absolute Gasteiger partial charge is 0.480 e. The van der Waals surface area contributed by atoms with E-state index in [1.54, 1.807) is 6.07 Å². The average Bonchev–Trinajstić information content (AvgIpc) is 3.11. The van der Waals surface area contributed by atoms with Crippen molar-refractivity contribution in [1.29, 1.82) is 0 Å². The van der Waals surface area contributed by atoms with Gasteiger partial charge in [0.1, 0.15) is 11.7 Å². The summed E-state index contributed by atoms with van der Waals surface area (Å²) in [5, 5.41) is 13.3. The van der Waals surface area contributed by atoms with Gasteiger partial charge in [-0.25, -0.2) is 9.78 Å². The molecule has 0 fully saturated rings. The zero-order chi connectivity index (χ0) is 21.3. The lowest BCUT2D eigenvalue weighted by Gasteiger charge is -2.13. The number of H-pyrrole nitrogens is 1. The van der Waals surface area contributed by atoms with Crippen LogP contribution in [0, 0.1) is 0 Å². The number of nitrogens with two attached hydrogens (primary N) is 1. The molecule has 0 aliphatic carbocycles. The van der Waals surface area contributed by atoms with E-state index in [4.69, 9.17) is 5.73 Å². The van der Waals surface area contributed by atoms with E-state index in [2.05, 4.69) is 15.3 Å². The van der Waals surface area contributed by atoms with E-state index in [1.165, 1.54) is 0 Å². The fraction of sp³-hybridized carbons (Fsp3) is 0.0909. The molecule has 8 heteroatoms. The first-order chi connectivity index (χ1) is 14.4. The second-order valence-electron chi connectivity index (χ2n) is 6.85. The summed E-state index contributed by atoms with van der Waals surface area (Å²) in [5.74, 6) is -2.88. The monoisotopic (exact) mass is 402 g/mol. The van der Waals surface area contributed by atoms with Gasteiger partial charge in [0.05, 0.1) is 17.6 Å². The molecule has 5 N–H and O–H groups in total. The van der Waals surface area contributed by atoms with Crippen LogP contribution >= 0.6 is 0 Å². The van der Waals surface area contributed by atoms with Gasteiger partial charge in [0.15, 0.2) is 0 Å². The quantitative estimate of drug-likeness (QED) is 0.392. The summed E-state index contributed by atoms with van der Waals surface area (Å²) in [6.45, 7) is 0. The number of pyridine rings is 1. The first kappa shape index (κ1) is 19.1. The Bertz CT molecular complexity index is 1280. The lowest BCUT2D eigenvalue weighted by molar-refractivity contribution is -0.140. The number of benzene rings is 2. The molecular formula is C22H18N4O4. The van der Waals surface area contributed by atoms with Crippen LogP contribution < -0.4 is 11.1 Å². The number of aromatic nitrogens is 2. The topological polar surface area (TPSA) is 138 Å². The van der Waals surface area contributed by atoms with Crippen LogP contribution in [0.5, 0.6) is 0 Å². The molecule has 0 spiro atoms. The summed E-state index contributed by atoms with van der Waals surface area (Å²) in [7, 11) is 0. The van der Waals surface area contributed by atoms with Gasteiger partial charge < -0.3 is 21.1 Å². The van der Waals surface area contributed by atoms with Crippen molar-refractivity contribution in [3.8, 4) is 11.3 Å². The second-order valence-corrected chi connectivity index (χ2v) is 6.85. The number of fused-ring (bicyclic) bond motifs is 3. The van der Waals surface area contributed by atoms with Gasteiger partial charge in [-0.2, -0.15) is 0 Å². The molecule has 1 atom stereocenters. The summed E-state index contributed by atoms with van der Waals surface area (Å²) in [6.07, 6.45) is -0.512. The molecule has 30 heavy (non-hydrogen) atoms. The first-order valence-electron chi connectivity index (χ1n) is 9.23. The normalized spacial score (nSPS) is 12.0. The molecule has 150 valence electrons. The summed E-state index contributed by atoms with van der Waals surface area (Å²) in [4.78, 5) is 43.2. The average molecular weight is 402 g/mol. The number of amides is 2. The van der Waals surface area contributed by atoms with Crippen LogP contribution in [-0.2, 0) is 9.59 Å². The van der Waals surface area contributed by atoms with Crippen molar-refractivity contribution in [3.05, 3.63) is 66.4 Å². The number of hydrogen-bond acceptors (Lipinski definition) is 4. The molecule has 2 aromatic heterocycles. The third-order valence-electron chi connectivity index (χ3n) is 4.78. The number of aliphatic carboxylic acids is 1. The minimum absolute atomic E-state index is 0.0434. The van der Waals surface area contributed by atoms with Crippen molar-refractivity contribution in [1.82, 2.24) is 15.3 Å². The Morgan fingerprint density at radius 2 is 1.73 bits per heavy atom. The Kier molecular flexibility index (Phi) is 4.89. The molecule has 0 saturated heterocycles. The van der Waals surface area contributed by atoms with E-state index in [-0.39, 0.29) is 5.69 Å². The van der Waals surface area contributed by atoms with Crippen LogP contribution in [-0.4, -0.2) is 38.9 Å². The molecule has 2 heterocycles. The molecule has 2 amide bonds. The van der Waals surface area contributed by atoms with Gasteiger partial charge in [-0.1, -0.05) is 48.5 Å². The number of carbonyl (C=O) groups is 3. The number of carboxylic acids is 1. The lowest BCUT2D eigenvalue weighted by atomic mass is 10.1. The van der Waals surface area contributed by atoms with Crippen LogP contribution in [0.4, 0.5) is 0 Å². The van der Waals surface area contributed by atoms with Gasteiger partial charge in [0.2, 0.25) is 5.91 Å². The van der Waals surface area contributed by atoms with E-state index < -0.39 is 30.2 Å². The predicted octanol–water partition coefficient (Wildman–Crippen LogP) is 2.44. The number of primary amides is 1. The number of rotatable bonds is 6. The van der Waals surface area contributed by atoms with E-state index in [0.717, 1.165) is 27.4 Å². The van der Waals surface area contributed by atoms with Gasteiger partial charge in [0.25, 0.3) is 5.91 Å². The van der Waals surface area contributed by atoms with Gasteiger partial charge in [-0.15, -0.1) is 0 Å². The minimum Gasteiger partial charge on any atom is -0.480 e. The number of carboxylic acid groups (broad SMARTS) is 1. The maximum absolute atomic E-state index is 12.8.